The van der Waals surface area contributed by atoms with Crippen molar-refractivity contribution < 1.29 is 14.3 Å². The van der Waals surface area contributed by atoms with Crippen molar-refractivity contribution in [1.82, 2.24) is 4.98 Å². The van der Waals surface area contributed by atoms with Gasteiger partial charge in [0.1, 0.15) is 11.3 Å². The van der Waals surface area contributed by atoms with E-state index in [1.54, 1.807) is 45.0 Å². The summed E-state index contributed by atoms with van der Waals surface area (Å²) >= 11 is 0. The van der Waals surface area contributed by atoms with Crippen molar-refractivity contribution in [3.63, 3.8) is 0 Å². The zero-order chi connectivity index (χ0) is 18.7. The van der Waals surface area contributed by atoms with Crippen LogP contribution in [0.4, 0.5) is 16.2 Å². The van der Waals surface area contributed by atoms with Gasteiger partial charge in [-0.1, -0.05) is 18.2 Å². The molecule has 0 atom stereocenters. The van der Waals surface area contributed by atoms with Crippen molar-refractivity contribution in [3.05, 3.63) is 60.3 Å². The van der Waals surface area contributed by atoms with Crippen molar-refractivity contribution in [2.24, 2.45) is 0 Å². The van der Waals surface area contributed by atoms with Crippen LogP contribution in [0.2, 0.25) is 0 Å². The molecule has 1 heterocycles. The molecule has 134 valence electrons. The maximum atomic E-state index is 12.4. The van der Waals surface area contributed by atoms with Crippen molar-refractivity contribution in [3.8, 4) is 0 Å². The normalized spacial score (nSPS) is 11.2. The lowest BCUT2D eigenvalue weighted by molar-refractivity contribution is 0.0635. The Bertz CT molecular complexity index is 904. The second-order valence-corrected chi connectivity index (χ2v) is 6.93. The van der Waals surface area contributed by atoms with Crippen LogP contribution < -0.4 is 10.6 Å². The molecule has 0 aliphatic carbocycles. The van der Waals surface area contributed by atoms with E-state index in [0.717, 1.165) is 10.9 Å². The molecule has 0 spiro atoms. The van der Waals surface area contributed by atoms with Gasteiger partial charge in [-0.25, -0.2) is 4.79 Å². The molecule has 6 heteroatoms. The molecule has 0 aliphatic rings. The Labute approximate surface area is 151 Å². The number of ether oxygens (including phenoxy) is 1. The highest BCUT2D eigenvalue weighted by Gasteiger charge is 2.16. The average Bonchev–Trinajstić information content (AvgIpc) is 2.99. The van der Waals surface area contributed by atoms with Gasteiger partial charge in [0.2, 0.25) is 0 Å². The van der Waals surface area contributed by atoms with E-state index in [9.17, 15) is 9.59 Å². The third-order valence-electron chi connectivity index (χ3n) is 3.56. The van der Waals surface area contributed by atoms with Gasteiger partial charge in [0.05, 0.1) is 0 Å². The summed E-state index contributed by atoms with van der Waals surface area (Å²) < 4.78 is 5.20. The molecule has 0 aliphatic heterocycles. The number of carbonyl (C=O) groups is 2. The molecule has 0 saturated heterocycles. The van der Waals surface area contributed by atoms with E-state index >= 15 is 0 Å². The summed E-state index contributed by atoms with van der Waals surface area (Å²) in [4.78, 5) is 27.2. The predicted molar refractivity (Wildman–Crippen MR) is 103 cm³/mol. The lowest BCUT2D eigenvalue weighted by Crippen LogP contribution is -2.27. The smallest absolute Gasteiger partial charge is 0.412 e. The number of hydrogen-bond acceptors (Lipinski definition) is 3. The van der Waals surface area contributed by atoms with E-state index in [1.165, 1.54) is 0 Å². The van der Waals surface area contributed by atoms with Gasteiger partial charge in [-0.15, -0.1) is 0 Å². The molecular weight excluding hydrogens is 330 g/mol. The average molecular weight is 351 g/mol. The molecule has 2 amide bonds. The van der Waals surface area contributed by atoms with Crippen LogP contribution in [0.1, 0.15) is 31.3 Å². The molecule has 26 heavy (non-hydrogen) atoms. The summed E-state index contributed by atoms with van der Waals surface area (Å²) in [7, 11) is 0. The summed E-state index contributed by atoms with van der Waals surface area (Å²) in [6, 6.07) is 16.3. The van der Waals surface area contributed by atoms with Crippen molar-refractivity contribution >= 4 is 34.3 Å². The minimum absolute atomic E-state index is 0.228. The molecule has 3 aromatic rings. The Morgan fingerprint density at radius 3 is 2.15 bits per heavy atom. The van der Waals surface area contributed by atoms with Crippen LogP contribution in [-0.2, 0) is 4.74 Å². The fraction of sp³-hybridized carbons (Fsp3) is 0.200. The fourth-order valence-corrected chi connectivity index (χ4v) is 2.45. The molecule has 3 N–H and O–H groups in total. The number of hydrogen-bond donors (Lipinski definition) is 3. The third kappa shape index (κ3) is 4.42. The molecule has 3 rings (SSSR count). The minimum Gasteiger partial charge on any atom is -0.444 e. The molecule has 0 fully saturated rings. The summed E-state index contributed by atoms with van der Waals surface area (Å²) in [5, 5.41) is 6.45. The van der Waals surface area contributed by atoms with Crippen LogP contribution in [0, 0.1) is 0 Å². The number of benzene rings is 2. The molecule has 0 unspecified atom stereocenters. The molecule has 0 radical (unpaired) electrons. The van der Waals surface area contributed by atoms with Gasteiger partial charge in [0.25, 0.3) is 5.91 Å². The van der Waals surface area contributed by atoms with Gasteiger partial charge in [0.15, 0.2) is 0 Å². The molecule has 1 aromatic heterocycles. The van der Waals surface area contributed by atoms with E-state index in [4.69, 9.17) is 4.74 Å². The van der Waals surface area contributed by atoms with Gasteiger partial charge in [-0.05, 0) is 57.2 Å². The number of rotatable bonds is 3. The number of para-hydroxylation sites is 1. The van der Waals surface area contributed by atoms with Crippen LogP contribution in [0.5, 0.6) is 0 Å². The number of aromatic nitrogens is 1. The second-order valence-electron chi connectivity index (χ2n) is 6.93. The predicted octanol–water partition coefficient (Wildman–Crippen LogP) is 4.77. The van der Waals surface area contributed by atoms with Gasteiger partial charge in [-0.3, -0.25) is 10.1 Å². The van der Waals surface area contributed by atoms with Crippen molar-refractivity contribution in [2.45, 2.75) is 26.4 Å². The van der Waals surface area contributed by atoms with Crippen molar-refractivity contribution in [1.29, 1.82) is 0 Å². The molecule has 0 saturated carbocycles. The maximum absolute atomic E-state index is 12.4. The summed E-state index contributed by atoms with van der Waals surface area (Å²) in [5.41, 5.74) is 2.06. The lowest BCUT2D eigenvalue weighted by atomic mass is 10.2. The topological polar surface area (TPSA) is 83.2 Å². The first-order valence-corrected chi connectivity index (χ1v) is 8.29. The molecule has 2 aromatic carbocycles. The van der Waals surface area contributed by atoms with Crippen LogP contribution in [0.3, 0.4) is 0 Å². The highest BCUT2D eigenvalue weighted by molar-refractivity contribution is 6.06. The van der Waals surface area contributed by atoms with E-state index < -0.39 is 11.7 Å². The number of aromatic amines is 1. The Morgan fingerprint density at radius 2 is 1.54 bits per heavy atom. The minimum atomic E-state index is -0.558. The van der Waals surface area contributed by atoms with Gasteiger partial charge >= 0.3 is 6.09 Å². The Hall–Kier alpha value is -3.28. The summed E-state index contributed by atoms with van der Waals surface area (Å²) in [6.45, 7) is 5.40. The summed E-state index contributed by atoms with van der Waals surface area (Å²) in [5.74, 6) is -0.228. The second kappa shape index (κ2) is 6.92. The number of amides is 2. The summed E-state index contributed by atoms with van der Waals surface area (Å²) in [6.07, 6.45) is -0.521. The monoisotopic (exact) mass is 351 g/mol. The molecule has 0 bridgehead atoms. The van der Waals surface area contributed by atoms with Crippen molar-refractivity contribution in [2.75, 3.05) is 10.6 Å². The number of fused-ring (bicyclic) bond motifs is 1. The number of carbonyl (C=O) groups excluding carboxylic acids is 2. The highest BCUT2D eigenvalue weighted by atomic mass is 16.6. The Balaban J connectivity index is 1.63. The van der Waals surface area contributed by atoms with Gasteiger partial charge in [-0.2, -0.15) is 0 Å². The van der Waals surface area contributed by atoms with Crippen LogP contribution >= 0.6 is 0 Å². The SMILES string of the molecule is CC(C)(C)OC(=O)Nc1ccc(NC(=O)c2cc3ccccc3[nH]2)cc1. The van der Waals surface area contributed by atoms with Crippen LogP contribution in [0.15, 0.2) is 54.6 Å². The lowest BCUT2D eigenvalue weighted by Gasteiger charge is -2.19. The van der Waals surface area contributed by atoms with E-state index in [1.807, 2.05) is 30.3 Å². The molecular formula is C20H21N3O3. The zero-order valence-electron chi connectivity index (χ0n) is 14.9. The highest BCUT2D eigenvalue weighted by Crippen LogP contribution is 2.18. The fourth-order valence-electron chi connectivity index (χ4n) is 2.45. The van der Waals surface area contributed by atoms with Gasteiger partial charge in [0, 0.05) is 22.3 Å². The number of nitrogens with one attached hydrogen (secondary N) is 3. The maximum Gasteiger partial charge on any atom is 0.412 e. The van der Waals surface area contributed by atoms with E-state index in [2.05, 4.69) is 15.6 Å². The Morgan fingerprint density at radius 1 is 0.923 bits per heavy atom. The van der Waals surface area contributed by atoms with Gasteiger partial charge < -0.3 is 15.0 Å². The largest absolute Gasteiger partial charge is 0.444 e. The number of H-pyrrole nitrogens is 1. The quantitative estimate of drug-likeness (QED) is 0.636. The zero-order valence-corrected chi connectivity index (χ0v) is 14.9. The number of anilines is 2. The standard InChI is InChI=1S/C20H21N3O3/c1-20(2,3)26-19(25)22-15-10-8-14(9-11-15)21-18(24)17-12-13-6-4-5-7-16(13)23-17/h4-12,23H,1-3H3,(H,21,24)(H,22,25). The first-order valence-electron chi connectivity index (χ1n) is 8.29. The van der Waals surface area contributed by atoms with E-state index in [0.29, 0.717) is 17.1 Å². The molecule has 6 nitrogen and oxygen atoms in total. The third-order valence-corrected chi connectivity index (χ3v) is 3.56. The van der Waals surface area contributed by atoms with Crippen LogP contribution in [-0.4, -0.2) is 22.6 Å². The first-order chi connectivity index (χ1) is 12.3. The van der Waals surface area contributed by atoms with E-state index in [-0.39, 0.29) is 5.91 Å². The first kappa shape index (κ1) is 17.5. The Kier molecular flexibility index (Phi) is 4.67. The van der Waals surface area contributed by atoms with Crippen LogP contribution in [0.25, 0.3) is 10.9 Å².